The van der Waals surface area contributed by atoms with Gasteiger partial charge in [-0.15, -0.1) is 0 Å². The number of rotatable bonds is 3. The lowest BCUT2D eigenvalue weighted by molar-refractivity contribution is -0.144. The Kier molecular flexibility index (Phi) is 7.55. The van der Waals surface area contributed by atoms with Crippen LogP contribution in [0.2, 0.25) is 0 Å². The van der Waals surface area contributed by atoms with Crippen molar-refractivity contribution >= 4 is 5.97 Å². The summed E-state index contributed by atoms with van der Waals surface area (Å²) in [4.78, 5) is 10.2. The summed E-state index contributed by atoms with van der Waals surface area (Å²) in [5.41, 5.74) is 0.411. The molecule has 98 valence electrons. The van der Waals surface area contributed by atoms with Gasteiger partial charge in [0, 0.05) is 14.0 Å². The van der Waals surface area contributed by atoms with Gasteiger partial charge in [-0.1, -0.05) is 38.2 Å². The fraction of sp³-hybridized carbons (Fsp3) is 0.643. The minimum absolute atomic E-state index is 0.00565. The number of hydrogen-bond donors (Lipinski definition) is 0. The van der Waals surface area contributed by atoms with Crippen molar-refractivity contribution in [2.75, 3.05) is 13.7 Å². The van der Waals surface area contributed by atoms with Crippen LogP contribution in [-0.2, 0) is 14.3 Å². The average molecular weight is 240 g/mol. The highest BCUT2D eigenvalue weighted by Gasteiger charge is 2.11. The van der Waals surface area contributed by atoms with Gasteiger partial charge in [0.2, 0.25) is 0 Å². The van der Waals surface area contributed by atoms with Crippen LogP contribution >= 0.6 is 0 Å². The van der Waals surface area contributed by atoms with Crippen LogP contribution in [0, 0.1) is 5.41 Å². The maximum atomic E-state index is 10.2. The molecule has 0 saturated heterocycles. The van der Waals surface area contributed by atoms with E-state index in [1.165, 1.54) is 13.3 Å². The zero-order chi connectivity index (χ0) is 13.3. The van der Waals surface area contributed by atoms with E-state index in [0.29, 0.717) is 12.0 Å². The molecule has 1 atom stereocenters. The third-order valence-corrected chi connectivity index (χ3v) is 2.36. The van der Waals surface area contributed by atoms with Gasteiger partial charge in [0.05, 0.1) is 6.10 Å². The predicted molar refractivity (Wildman–Crippen MR) is 69.8 cm³/mol. The Hall–Kier alpha value is -1.09. The van der Waals surface area contributed by atoms with Crippen LogP contribution in [0.15, 0.2) is 24.3 Å². The van der Waals surface area contributed by atoms with Crippen molar-refractivity contribution in [2.45, 2.75) is 40.2 Å². The lowest BCUT2D eigenvalue weighted by Crippen LogP contribution is -2.15. The Morgan fingerprint density at radius 3 is 2.35 bits per heavy atom. The van der Waals surface area contributed by atoms with Crippen LogP contribution in [0.1, 0.15) is 34.1 Å². The van der Waals surface area contributed by atoms with Gasteiger partial charge in [0.25, 0.3) is 0 Å². The predicted octanol–water partition coefficient (Wildman–Crippen LogP) is 3.11. The van der Waals surface area contributed by atoms with Crippen molar-refractivity contribution < 1.29 is 14.3 Å². The third-order valence-electron chi connectivity index (χ3n) is 2.36. The molecule has 0 heterocycles. The SMILES string of the molecule is CC1(C)C=CC=CC1.COC(C)COC(C)=O. The second kappa shape index (κ2) is 8.07. The largest absolute Gasteiger partial charge is 0.463 e. The molecule has 0 N–H and O–H groups in total. The molecule has 0 radical (unpaired) electrons. The van der Waals surface area contributed by atoms with Crippen molar-refractivity contribution in [1.29, 1.82) is 0 Å². The van der Waals surface area contributed by atoms with Crippen molar-refractivity contribution in [3.05, 3.63) is 24.3 Å². The summed E-state index contributed by atoms with van der Waals surface area (Å²) in [5, 5.41) is 0. The fourth-order valence-electron chi connectivity index (χ4n) is 1.14. The Balaban J connectivity index is 0.000000302. The summed E-state index contributed by atoms with van der Waals surface area (Å²) >= 11 is 0. The van der Waals surface area contributed by atoms with E-state index in [4.69, 9.17) is 4.74 Å². The Morgan fingerprint density at radius 2 is 2.06 bits per heavy atom. The Morgan fingerprint density at radius 1 is 1.41 bits per heavy atom. The third kappa shape index (κ3) is 9.82. The summed E-state index contributed by atoms with van der Waals surface area (Å²) in [6, 6.07) is 0. The molecule has 0 amide bonds. The van der Waals surface area contributed by atoms with Crippen LogP contribution in [0.3, 0.4) is 0 Å². The van der Waals surface area contributed by atoms with Crippen LogP contribution in [0.5, 0.6) is 0 Å². The number of methoxy groups -OCH3 is 1. The molecule has 1 aliphatic rings. The first-order valence-corrected chi connectivity index (χ1v) is 5.88. The van der Waals surface area contributed by atoms with Crippen molar-refractivity contribution in [2.24, 2.45) is 5.41 Å². The van der Waals surface area contributed by atoms with Gasteiger partial charge in [0.15, 0.2) is 0 Å². The lowest BCUT2D eigenvalue weighted by atomic mass is 9.86. The Bertz CT molecular complexity index is 277. The molecule has 3 nitrogen and oxygen atoms in total. The molecule has 0 fully saturated rings. The second-order valence-electron chi connectivity index (χ2n) is 4.83. The maximum Gasteiger partial charge on any atom is 0.302 e. The molecule has 0 aromatic carbocycles. The summed E-state index contributed by atoms with van der Waals surface area (Å²) in [6.07, 6.45) is 9.85. The topological polar surface area (TPSA) is 35.5 Å². The van der Waals surface area contributed by atoms with E-state index in [-0.39, 0.29) is 12.1 Å². The van der Waals surface area contributed by atoms with Crippen molar-refractivity contribution in [3.63, 3.8) is 0 Å². The van der Waals surface area contributed by atoms with Crippen LogP contribution in [0.25, 0.3) is 0 Å². The summed E-state index contributed by atoms with van der Waals surface area (Å²) < 4.78 is 9.45. The number of carbonyl (C=O) groups is 1. The molecule has 0 saturated carbocycles. The van der Waals surface area contributed by atoms with Crippen molar-refractivity contribution in [3.8, 4) is 0 Å². The van der Waals surface area contributed by atoms with Gasteiger partial charge in [-0.3, -0.25) is 4.79 Å². The zero-order valence-corrected chi connectivity index (χ0v) is 11.5. The van der Waals surface area contributed by atoms with E-state index in [0.717, 1.165) is 0 Å². The van der Waals surface area contributed by atoms with Gasteiger partial charge in [-0.05, 0) is 18.8 Å². The zero-order valence-electron chi connectivity index (χ0n) is 11.5. The van der Waals surface area contributed by atoms with E-state index in [2.05, 4.69) is 42.9 Å². The first-order valence-electron chi connectivity index (χ1n) is 5.88. The number of carbonyl (C=O) groups excluding carboxylic acids is 1. The van der Waals surface area contributed by atoms with E-state index >= 15 is 0 Å². The molecule has 0 aromatic rings. The molecule has 17 heavy (non-hydrogen) atoms. The summed E-state index contributed by atoms with van der Waals surface area (Å²) in [5.74, 6) is -0.265. The van der Waals surface area contributed by atoms with Gasteiger partial charge < -0.3 is 9.47 Å². The molecule has 1 unspecified atom stereocenters. The Labute approximate surface area is 104 Å². The highest BCUT2D eigenvalue weighted by Crippen LogP contribution is 2.24. The molecule has 3 heteroatoms. The minimum Gasteiger partial charge on any atom is -0.463 e. The van der Waals surface area contributed by atoms with E-state index in [9.17, 15) is 4.79 Å². The lowest BCUT2D eigenvalue weighted by Gasteiger charge is -2.19. The molecule has 1 aliphatic carbocycles. The second-order valence-corrected chi connectivity index (χ2v) is 4.83. The van der Waals surface area contributed by atoms with E-state index < -0.39 is 0 Å². The van der Waals surface area contributed by atoms with Crippen LogP contribution < -0.4 is 0 Å². The van der Waals surface area contributed by atoms with E-state index in [1.54, 1.807) is 7.11 Å². The minimum atomic E-state index is -0.265. The standard InChI is InChI=1S/C8H12.C6H12O3/c1-8(2)6-4-3-5-7-8;1-5(8-3)4-9-6(2)7/h3-6H,7H2,1-2H3;5H,4H2,1-3H3. The molecule has 0 aromatic heterocycles. The quantitative estimate of drug-likeness (QED) is 0.711. The monoisotopic (exact) mass is 240 g/mol. The molecular formula is C14H24O3. The van der Waals surface area contributed by atoms with E-state index in [1.807, 2.05) is 6.92 Å². The molecule has 0 aliphatic heterocycles. The van der Waals surface area contributed by atoms with Gasteiger partial charge in [-0.25, -0.2) is 0 Å². The van der Waals surface area contributed by atoms with Crippen LogP contribution in [0.4, 0.5) is 0 Å². The highest BCUT2D eigenvalue weighted by atomic mass is 16.6. The van der Waals surface area contributed by atoms with Gasteiger partial charge in [0.1, 0.15) is 6.61 Å². The van der Waals surface area contributed by atoms with Crippen LogP contribution in [-0.4, -0.2) is 25.8 Å². The maximum absolute atomic E-state index is 10.2. The highest BCUT2D eigenvalue weighted by molar-refractivity contribution is 5.65. The number of ether oxygens (including phenoxy) is 2. The average Bonchev–Trinajstić information content (AvgIpc) is 2.26. The van der Waals surface area contributed by atoms with Gasteiger partial charge in [-0.2, -0.15) is 0 Å². The smallest absolute Gasteiger partial charge is 0.302 e. The fourth-order valence-corrected chi connectivity index (χ4v) is 1.14. The molecular weight excluding hydrogens is 216 g/mol. The van der Waals surface area contributed by atoms with Crippen molar-refractivity contribution in [1.82, 2.24) is 0 Å². The first-order chi connectivity index (χ1) is 7.87. The molecule has 0 bridgehead atoms. The normalized spacial score (nSPS) is 17.9. The summed E-state index contributed by atoms with van der Waals surface area (Å²) in [7, 11) is 1.58. The summed E-state index contributed by atoms with van der Waals surface area (Å²) in [6.45, 7) is 8.04. The van der Waals surface area contributed by atoms with Gasteiger partial charge >= 0.3 is 5.97 Å². The molecule has 1 rings (SSSR count). The number of hydrogen-bond acceptors (Lipinski definition) is 3. The molecule has 0 spiro atoms. The number of allylic oxidation sites excluding steroid dienone is 4. The first kappa shape index (κ1) is 15.9. The number of esters is 1.